The lowest BCUT2D eigenvalue weighted by molar-refractivity contribution is 0.0999. The number of benzene rings is 1. The van der Waals surface area contributed by atoms with Gasteiger partial charge in [0.1, 0.15) is 5.82 Å². The van der Waals surface area contributed by atoms with E-state index in [0.717, 1.165) is 19.5 Å². The number of piperidine rings is 1. The van der Waals surface area contributed by atoms with Crippen molar-refractivity contribution in [2.24, 2.45) is 23.3 Å². The summed E-state index contributed by atoms with van der Waals surface area (Å²) in [6.45, 7) is 5.16. The normalized spacial score (nSPS) is 23.8. The number of hydrogen-bond donors (Lipinski definition) is 2. The van der Waals surface area contributed by atoms with E-state index in [1.807, 2.05) is 0 Å². The Kier molecular flexibility index (Phi) is 4.73. The first-order chi connectivity index (χ1) is 9.51. The third kappa shape index (κ3) is 3.35. The average molecular weight is 279 g/mol. The zero-order valence-corrected chi connectivity index (χ0v) is 11.8. The third-order valence-electron chi connectivity index (χ3n) is 4.23. The summed E-state index contributed by atoms with van der Waals surface area (Å²) < 4.78 is 13.8. The van der Waals surface area contributed by atoms with Crippen molar-refractivity contribution >= 4 is 5.91 Å². The molecule has 0 aliphatic carbocycles. The predicted octanol–water partition coefficient (Wildman–Crippen LogP) is 1.34. The quantitative estimate of drug-likeness (QED) is 0.873. The van der Waals surface area contributed by atoms with Gasteiger partial charge in [-0.15, -0.1) is 0 Å². The van der Waals surface area contributed by atoms with Gasteiger partial charge in [-0.3, -0.25) is 9.69 Å². The van der Waals surface area contributed by atoms with Gasteiger partial charge in [-0.2, -0.15) is 0 Å². The Morgan fingerprint density at radius 2 is 2.25 bits per heavy atom. The number of rotatable bonds is 4. The standard InChI is InChI=1S/C15H22FN3O/c1-10-4-5-19(9-13(10)7-17)8-12-6-11(15(18)20)2-3-14(12)16/h2-3,6,10,13H,4-5,7-9,17H2,1H3,(H2,18,20). The number of likely N-dealkylation sites (tertiary alicyclic amines) is 1. The van der Waals surface area contributed by atoms with E-state index in [9.17, 15) is 9.18 Å². The second-order valence-electron chi connectivity index (χ2n) is 5.67. The van der Waals surface area contributed by atoms with Gasteiger partial charge < -0.3 is 11.5 Å². The minimum Gasteiger partial charge on any atom is -0.366 e. The van der Waals surface area contributed by atoms with Crippen LogP contribution in [0.1, 0.15) is 29.3 Å². The molecule has 4 N–H and O–H groups in total. The molecule has 1 fully saturated rings. The van der Waals surface area contributed by atoms with Crippen LogP contribution in [0.5, 0.6) is 0 Å². The van der Waals surface area contributed by atoms with Crippen molar-refractivity contribution in [3.63, 3.8) is 0 Å². The first-order valence-electron chi connectivity index (χ1n) is 7.02. The van der Waals surface area contributed by atoms with Gasteiger partial charge in [0.05, 0.1) is 0 Å². The molecule has 1 heterocycles. The van der Waals surface area contributed by atoms with Crippen LogP contribution in [0.15, 0.2) is 18.2 Å². The van der Waals surface area contributed by atoms with Crippen molar-refractivity contribution in [2.75, 3.05) is 19.6 Å². The van der Waals surface area contributed by atoms with Crippen molar-refractivity contribution in [2.45, 2.75) is 19.9 Å². The van der Waals surface area contributed by atoms with E-state index < -0.39 is 5.91 Å². The molecule has 1 aromatic rings. The minimum absolute atomic E-state index is 0.294. The topological polar surface area (TPSA) is 72.3 Å². The monoisotopic (exact) mass is 279 g/mol. The van der Waals surface area contributed by atoms with Crippen LogP contribution in [-0.2, 0) is 6.54 Å². The first-order valence-corrected chi connectivity index (χ1v) is 7.02. The summed E-state index contributed by atoms with van der Waals surface area (Å²) in [7, 11) is 0. The number of carbonyl (C=O) groups is 1. The molecule has 1 amide bonds. The van der Waals surface area contributed by atoms with Gasteiger partial charge in [-0.1, -0.05) is 6.92 Å². The van der Waals surface area contributed by atoms with Crippen LogP contribution in [0.3, 0.4) is 0 Å². The van der Waals surface area contributed by atoms with Crippen molar-refractivity contribution in [1.82, 2.24) is 4.90 Å². The number of carbonyl (C=O) groups excluding carboxylic acids is 1. The number of halogens is 1. The molecule has 1 saturated heterocycles. The number of amides is 1. The van der Waals surface area contributed by atoms with Gasteiger partial charge >= 0.3 is 0 Å². The van der Waals surface area contributed by atoms with E-state index >= 15 is 0 Å². The number of primary amides is 1. The fourth-order valence-electron chi connectivity index (χ4n) is 2.77. The Morgan fingerprint density at radius 1 is 1.50 bits per heavy atom. The molecule has 5 heteroatoms. The van der Waals surface area contributed by atoms with Crippen LogP contribution < -0.4 is 11.5 Å². The average Bonchev–Trinajstić information content (AvgIpc) is 2.43. The molecule has 0 saturated carbocycles. The molecular weight excluding hydrogens is 257 g/mol. The molecule has 2 atom stereocenters. The zero-order chi connectivity index (χ0) is 14.7. The predicted molar refractivity (Wildman–Crippen MR) is 76.5 cm³/mol. The van der Waals surface area contributed by atoms with E-state index in [4.69, 9.17) is 11.5 Å². The molecule has 1 aromatic carbocycles. The van der Waals surface area contributed by atoms with Gasteiger partial charge in [-0.25, -0.2) is 4.39 Å². The Hall–Kier alpha value is -1.46. The zero-order valence-electron chi connectivity index (χ0n) is 11.8. The fraction of sp³-hybridized carbons (Fsp3) is 0.533. The molecule has 4 nitrogen and oxygen atoms in total. The Morgan fingerprint density at radius 3 is 2.90 bits per heavy atom. The van der Waals surface area contributed by atoms with E-state index in [-0.39, 0.29) is 5.82 Å². The molecule has 2 rings (SSSR count). The maximum atomic E-state index is 13.8. The summed E-state index contributed by atoms with van der Waals surface area (Å²) in [6.07, 6.45) is 1.07. The van der Waals surface area contributed by atoms with Crippen LogP contribution in [0.2, 0.25) is 0 Å². The van der Waals surface area contributed by atoms with Gasteiger partial charge in [0.25, 0.3) is 0 Å². The second-order valence-corrected chi connectivity index (χ2v) is 5.67. The molecule has 110 valence electrons. The molecule has 0 spiro atoms. The van der Waals surface area contributed by atoms with Crippen molar-refractivity contribution in [3.05, 3.63) is 35.1 Å². The summed E-state index contributed by atoms with van der Waals surface area (Å²) >= 11 is 0. The number of nitrogens with two attached hydrogens (primary N) is 2. The summed E-state index contributed by atoms with van der Waals surface area (Å²) in [5, 5.41) is 0. The maximum Gasteiger partial charge on any atom is 0.248 e. The van der Waals surface area contributed by atoms with E-state index in [2.05, 4.69) is 11.8 Å². The summed E-state index contributed by atoms with van der Waals surface area (Å²) in [5.74, 6) is 0.237. The van der Waals surface area contributed by atoms with Crippen LogP contribution in [0, 0.1) is 17.7 Å². The fourth-order valence-corrected chi connectivity index (χ4v) is 2.77. The summed E-state index contributed by atoms with van der Waals surface area (Å²) in [6, 6.07) is 4.28. The Balaban J connectivity index is 2.10. The van der Waals surface area contributed by atoms with E-state index in [1.165, 1.54) is 12.1 Å². The SMILES string of the molecule is CC1CCN(Cc2cc(C(N)=O)ccc2F)CC1CN. The molecule has 1 aliphatic heterocycles. The minimum atomic E-state index is -0.529. The highest BCUT2D eigenvalue weighted by Crippen LogP contribution is 2.24. The molecule has 1 aliphatic rings. The smallest absolute Gasteiger partial charge is 0.248 e. The van der Waals surface area contributed by atoms with Crippen molar-refractivity contribution < 1.29 is 9.18 Å². The second kappa shape index (κ2) is 6.33. The maximum absolute atomic E-state index is 13.8. The molecule has 0 radical (unpaired) electrons. The lowest BCUT2D eigenvalue weighted by Gasteiger charge is -2.36. The Labute approximate surface area is 118 Å². The molecule has 20 heavy (non-hydrogen) atoms. The van der Waals surface area contributed by atoms with Gasteiger partial charge in [0.15, 0.2) is 0 Å². The Bertz CT molecular complexity index is 492. The lowest BCUT2D eigenvalue weighted by atomic mass is 9.87. The van der Waals surface area contributed by atoms with Crippen LogP contribution in [0.4, 0.5) is 4.39 Å². The summed E-state index contributed by atoms with van der Waals surface area (Å²) in [5.41, 5.74) is 11.9. The highest BCUT2D eigenvalue weighted by molar-refractivity contribution is 5.92. The molecule has 0 aromatic heterocycles. The number of nitrogens with zero attached hydrogens (tertiary/aromatic N) is 1. The molecule has 2 unspecified atom stereocenters. The van der Waals surface area contributed by atoms with Gasteiger partial charge in [0, 0.05) is 24.2 Å². The molecular formula is C15H22FN3O. The lowest BCUT2D eigenvalue weighted by Crippen LogP contribution is -2.42. The van der Waals surface area contributed by atoms with Crippen LogP contribution >= 0.6 is 0 Å². The largest absolute Gasteiger partial charge is 0.366 e. The first kappa shape index (κ1) is 14.9. The van der Waals surface area contributed by atoms with Crippen LogP contribution in [0.25, 0.3) is 0 Å². The third-order valence-corrected chi connectivity index (χ3v) is 4.23. The van der Waals surface area contributed by atoms with Crippen LogP contribution in [-0.4, -0.2) is 30.4 Å². The van der Waals surface area contributed by atoms with Crippen molar-refractivity contribution in [3.8, 4) is 0 Å². The highest BCUT2D eigenvalue weighted by Gasteiger charge is 2.25. The van der Waals surface area contributed by atoms with Gasteiger partial charge in [0.2, 0.25) is 5.91 Å². The number of hydrogen-bond acceptors (Lipinski definition) is 3. The highest BCUT2D eigenvalue weighted by atomic mass is 19.1. The molecule has 0 bridgehead atoms. The van der Waals surface area contributed by atoms with E-state index in [1.54, 1.807) is 6.07 Å². The van der Waals surface area contributed by atoms with Crippen molar-refractivity contribution in [1.29, 1.82) is 0 Å². The summed E-state index contributed by atoms with van der Waals surface area (Å²) in [4.78, 5) is 13.4. The van der Waals surface area contributed by atoms with E-state index in [0.29, 0.717) is 36.1 Å². The van der Waals surface area contributed by atoms with Gasteiger partial charge in [-0.05, 0) is 49.5 Å².